The standard InChI is InChI=1S/C13H16N4/c14-9-11-8-12(17-6-1-2-7-17)16-13(15-11)10-4-3-5-10/h8,10H,1-7H2. The third-order valence-electron chi connectivity index (χ3n) is 3.74. The van der Waals surface area contributed by atoms with E-state index < -0.39 is 0 Å². The van der Waals surface area contributed by atoms with Crippen molar-refractivity contribution in [1.82, 2.24) is 9.97 Å². The molecular formula is C13H16N4. The smallest absolute Gasteiger partial charge is 0.146 e. The molecule has 0 bridgehead atoms. The fourth-order valence-corrected chi connectivity index (χ4v) is 2.47. The summed E-state index contributed by atoms with van der Waals surface area (Å²) in [6.45, 7) is 2.12. The highest BCUT2D eigenvalue weighted by molar-refractivity contribution is 5.44. The molecule has 88 valence electrons. The van der Waals surface area contributed by atoms with Gasteiger partial charge in [-0.15, -0.1) is 0 Å². The van der Waals surface area contributed by atoms with E-state index in [1.54, 1.807) is 0 Å². The lowest BCUT2D eigenvalue weighted by Gasteiger charge is -2.25. The Morgan fingerprint density at radius 1 is 1.18 bits per heavy atom. The van der Waals surface area contributed by atoms with Crippen molar-refractivity contribution in [2.75, 3.05) is 18.0 Å². The first-order valence-corrected chi connectivity index (χ1v) is 6.41. The molecule has 2 aliphatic rings. The fraction of sp³-hybridized carbons (Fsp3) is 0.615. The van der Waals surface area contributed by atoms with Gasteiger partial charge in [-0.05, 0) is 25.7 Å². The zero-order chi connectivity index (χ0) is 11.7. The molecule has 1 aliphatic heterocycles. The minimum Gasteiger partial charge on any atom is -0.356 e. The van der Waals surface area contributed by atoms with E-state index in [-0.39, 0.29) is 0 Å². The first-order chi connectivity index (χ1) is 8.36. The SMILES string of the molecule is N#Cc1cc(N2CCCC2)nc(C2CCC2)n1. The number of hydrogen-bond acceptors (Lipinski definition) is 4. The van der Waals surface area contributed by atoms with E-state index in [0.29, 0.717) is 11.6 Å². The summed E-state index contributed by atoms with van der Waals surface area (Å²) in [7, 11) is 0. The van der Waals surface area contributed by atoms with Crippen LogP contribution in [0.4, 0.5) is 5.82 Å². The van der Waals surface area contributed by atoms with Gasteiger partial charge in [-0.2, -0.15) is 5.26 Å². The molecule has 0 unspecified atom stereocenters. The second-order valence-corrected chi connectivity index (χ2v) is 4.90. The molecule has 1 aromatic rings. The molecule has 3 rings (SSSR count). The van der Waals surface area contributed by atoms with Crippen LogP contribution in [-0.4, -0.2) is 23.1 Å². The van der Waals surface area contributed by atoms with Crippen LogP contribution in [0.3, 0.4) is 0 Å². The average Bonchev–Trinajstić information content (AvgIpc) is 2.79. The molecule has 1 saturated carbocycles. The van der Waals surface area contributed by atoms with Crippen molar-refractivity contribution in [1.29, 1.82) is 5.26 Å². The molecule has 2 fully saturated rings. The largest absolute Gasteiger partial charge is 0.356 e. The highest BCUT2D eigenvalue weighted by Gasteiger charge is 2.24. The molecule has 1 aliphatic carbocycles. The molecule has 0 atom stereocenters. The molecule has 0 amide bonds. The van der Waals surface area contributed by atoms with E-state index in [1.807, 2.05) is 6.07 Å². The van der Waals surface area contributed by atoms with E-state index >= 15 is 0 Å². The first kappa shape index (κ1) is 10.5. The van der Waals surface area contributed by atoms with Gasteiger partial charge in [0, 0.05) is 25.1 Å². The lowest BCUT2D eigenvalue weighted by molar-refractivity contribution is 0.401. The van der Waals surface area contributed by atoms with Crippen LogP contribution in [0, 0.1) is 11.3 Å². The minimum absolute atomic E-state index is 0.490. The summed E-state index contributed by atoms with van der Waals surface area (Å²) in [5, 5.41) is 9.04. The Labute approximate surface area is 101 Å². The van der Waals surface area contributed by atoms with Crippen molar-refractivity contribution in [3.05, 3.63) is 17.6 Å². The maximum Gasteiger partial charge on any atom is 0.146 e. The highest BCUT2D eigenvalue weighted by Crippen LogP contribution is 2.35. The van der Waals surface area contributed by atoms with Crippen LogP contribution in [0.5, 0.6) is 0 Å². The van der Waals surface area contributed by atoms with E-state index in [2.05, 4.69) is 20.9 Å². The van der Waals surface area contributed by atoms with Crippen molar-refractivity contribution < 1.29 is 0 Å². The van der Waals surface area contributed by atoms with Crippen molar-refractivity contribution in [3.63, 3.8) is 0 Å². The summed E-state index contributed by atoms with van der Waals surface area (Å²) in [5.41, 5.74) is 0.517. The number of aromatic nitrogens is 2. The summed E-state index contributed by atoms with van der Waals surface area (Å²) < 4.78 is 0. The van der Waals surface area contributed by atoms with Crippen molar-refractivity contribution in [2.24, 2.45) is 0 Å². The second kappa shape index (κ2) is 4.33. The molecule has 4 heteroatoms. The third-order valence-corrected chi connectivity index (χ3v) is 3.74. The number of rotatable bonds is 2. The van der Waals surface area contributed by atoms with Crippen molar-refractivity contribution >= 4 is 5.82 Å². The van der Waals surface area contributed by atoms with E-state index in [4.69, 9.17) is 5.26 Å². The van der Waals surface area contributed by atoms with Crippen LogP contribution in [0.15, 0.2) is 6.07 Å². The zero-order valence-corrected chi connectivity index (χ0v) is 9.89. The lowest BCUT2D eigenvalue weighted by Crippen LogP contribution is -2.22. The molecule has 4 nitrogen and oxygen atoms in total. The molecule has 17 heavy (non-hydrogen) atoms. The minimum atomic E-state index is 0.490. The normalized spacial score (nSPS) is 20.1. The van der Waals surface area contributed by atoms with Gasteiger partial charge < -0.3 is 4.90 Å². The van der Waals surface area contributed by atoms with E-state index in [0.717, 1.165) is 24.7 Å². The second-order valence-electron chi connectivity index (χ2n) is 4.90. The Kier molecular flexibility index (Phi) is 2.68. The van der Waals surface area contributed by atoms with Crippen LogP contribution in [0.1, 0.15) is 49.5 Å². The van der Waals surface area contributed by atoms with Gasteiger partial charge in [0.25, 0.3) is 0 Å². The van der Waals surface area contributed by atoms with Crippen LogP contribution in [0.2, 0.25) is 0 Å². The lowest BCUT2D eigenvalue weighted by atomic mass is 9.85. The molecule has 1 saturated heterocycles. The summed E-state index contributed by atoms with van der Waals surface area (Å²) >= 11 is 0. The van der Waals surface area contributed by atoms with Gasteiger partial charge in [0.1, 0.15) is 23.4 Å². The fourth-order valence-electron chi connectivity index (χ4n) is 2.47. The molecule has 0 radical (unpaired) electrons. The van der Waals surface area contributed by atoms with E-state index in [1.165, 1.54) is 32.1 Å². The van der Waals surface area contributed by atoms with Gasteiger partial charge in [0.05, 0.1) is 0 Å². The molecule has 0 spiro atoms. The van der Waals surface area contributed by atoms with Crippen LogP contribution in [-0.2, 0) is 0 Å². The molecule has 0 aromatic carbocycles. The van der Waals surface area contributed by atoms with Crippen molar-refractivity contribution in [2.45, 2.75) is 38.0 Å². The Morgan fingerprint density at radius 2 is 1.94 bits per heavy atom. The predicted molar refractivity (Wildman–Crippen MR) is 64.8 cm³/mol. The van der Waals surface area contributed by atoms with Gasteiger partial charge in [0.2, 0.25) is 0 Å². The number of anilines is 1. The Hall–Kier alpha value is -1.63. The van der Waals surface area contributed by atoms with Crippen LogP contribution < -0.4 is 4.90 Å². The highest BCUT2D eigenvalue weighted by atomic mass is 15.2. The van der Waals surface area contributed by atoms with Gasteiger partial charge in [0.15, 0.2) is 0 Å². The monoisotopic (exact) mass is 228 g/mol. The Bertz CT molecular complexity index is 453. The molecule has 2 heterocycles. The molecule has 1 aromatic heterocycles. The van der Waals surface area contributed by atoms with Gasteiger partial charge in [-0.1, -0.05) is 6.42 Å². The molecule has 0 N–H and O–H groups in total. The summed E-state index contributed by atoms with van der Waals surface area (Å²) in [5.74, 6) is 2.33. The number of nitriles is 1. The maximum absolute atomic E-state index is 9.04. The van der Waals surface area contributed by atoms with E-state index in [9.17, 15) is 0 Å². The first-order valence-electron chi connectivity index (χ1n) is 6.41. The van der Waals surface area contributed by atoms with Crippen molar-refractivity contribution in [3.8, 4) is 6.07 Å². The topological polar surface area (TPSA) is 52.8 Å². The van der Waals surface area contributed by atoms with Crippen LogP contribution in [0.25, 0.3) is 0 Å². The third kappa shape index (κ3) is 1.97. The summed E-state index contributed by atoms with van der Waals surface area (Å²) in [6, 6.07) is 3.98. The maximum atomic E-state index is 9.04. The van der Waals surface area contributed by atoms with Gasteiger partial charge in [-0.25, -0.2) is 9.97 Å². The quantitative estimate of drug-likeness (QED) is 0.778. The summed E-state index contributed by atoms with van der Waals surface area (Å²) in [6.07, 6.45) is 6.07. The predicted octanol–water partition coefficient (Wildman–Crippen LogP) is 2.22. The Balaban J connectivity index is 1.93. The van der Waals surface area contributed by atoms with Crippen LogP contribution >= 0.6 is 0 Å². The number of hydrogen-bond donors (Lipinski definition) is 0. The number of nitrogens with zero attached hydrogens (tertiary/aromatic N) is 4. The van der Waals surface area contributed by atoms with Gasteiger partial charge >= 0.3 is 0 Å². The molecular weight excluding hydrogens is 212 g/mol. The average molecular weight is 228 g/mol. The zero-order valence-electron chi connectivity index (χ0n) is 9.89. The summed E-state index contributed by atoms with van der Waals surface area (Å²) in [4.78, 5) is 11.3. The van der Waals surface area contributed by atoms with Gasteiger partial charge in [-0.3, -0.25) is 0 Å². The Morgan fingerprint density at radius 3 is 2.53 bits per heavy atom.